The van der Waals surface area contributed by atoms with Crippen molar-refractivity contribution in [3.8, 4) is 0 Å². The van der Waals surface area contributed by atoms with Gasteiger partial charge in [-0.05, 0) is 19.3 Å². The molecule has 0 N–H and O–H groups in total. The van der Waals surface area contributed by atoms with Crippen LogP contribution in [0.4, 0.5) is 5.13 Å². The highest BCUT2D eigenvalue weighted by Crippen LogP contribution is 2.37. The van der Waals surface area contributed by atoms with E-state index in [-0.39, 0.29) is 0 Å². The van der Waals surface area contributed by atoms with Gasteiger partial charge >= 0.3 is 0 Å². The van der Waals surface area contributed by atoms with Gasteiger partial charge in [0.25, 0.3) is 0 Å². The van der Waals surface area contributed by atoms with Crippen molar-refractivity contribution >= 4 is 16.5 Å². The van der Waals surface area contributed by atoms with E-state index in [0.717, 1.165) is 24.9 Å². The normalized spacial score (nSPS) is 36.4. The molecule has 1 unspecified atom stereocenters. The minimum Gasteiger partial charge on any atom is -0.380 e. The average Bonchev–Trinajstić information content (AvgIpc) is 3.14. The number of ether oxygens (including phenoxy) is 1. The minimum absolute atomic E-state index is 0.651. The minimum atomic E-state index is 0.651. The number of likely N-dealkylation sites (tertiary alicyclic amines) is 1. The molecule has 98 valence electrons. The monoisotopic (exact) mass is 266 g/mol. The van der Waals surface area contributed by atoms with Gasteiger partial charge in [0.2, 0.25) is 5.13 Å². The van der Waals surface area contributed by atoms with Gasteiger partial charge in [0.15, 0.2) is 0 Å². The maximum absolute atomic E-state index is 5.54. The molecule has 4 rings (SSSR count). The number of anilines is 1. The zero-order valence-electron chi connectivity index (χ0n) is 10.4. The molecular weight excluding hydrogens is 248 g/mol. The van der Waals surface area contributed by atoms with E-state index in [9.17, 15) is 0 Å². The van der Waals surface area contributed by atoms with Gasteiger partial charge in [0.05, 0.1) is 6.61 Å². The van der Waals surface area contributed by atoms with Crippen LogP contribution in [0, 0.1) is 0 Å². The van der Waals surface area contributed by atoms with Crippen LogP contribution in [0.3, 0.4) is 0 Å². The molecule has 1 aromatic rings. The maximum Gasteiger partial charge on any atom is 0.208 e. The number of nitrogens with zero attached hydrogens (tertiary/aromatic N) is 4. The second-order valence-corrected chi connectivity index (χ2v) is 6.19. The van der Waals surface area contributed by atoms with Crippen LogP contribution in [-0.4, -0.2) is 59.5 Å². The lowest BCUT2D eigenvalue weighted by atomic mass is 10.1. The highest BCUT2D eigenvalue weighted by Gasteiger charge is 2.46. The molecule has 0 aliphatic carbocycles. The van der Waals surface area contributed by atoms with E-state index in [1.54, 1.807) is 11.3 Å². The van der Waals surface area contributed by atoms with E-state index in [2.05, 4.69) is 20.0 Å². The predicted octanol–water partition coefficient (Wildman–Crippen LogP) is 0.980. The maximum atomic E-state index is 5.54. The Labute approximate surface area is 111 Å². The largest absolute Gasteiger partial charge is 0.380 e. The third-order valence-electron chi connectivity index (χ3n) is 4.59. The Hall–Kier alpha value is -0.720. The molecule has 18 heavy (non-hydrogen) atoms. The topological polar surface area (TPSA) is 41.5 Å². The van der Waals surface area contributed by atoms with Crippen LogP contribution < -0.4 is 4.90 Å². The standard InChI is InChI=1S/C12H18N4OS/c1-4-15(9-3-6-17-7-9)10-2-5-16(11(1)10)12-14-13-8-18-12/h8-11H,1-7H2/t9?,10-,11+/m1/s1. The van der Waals surface area contributed by atoms with Crippen molar-refractivity contribution in [1.82, 2.24) is 15.1 Å². The predicted molar refractivity (Wildman–Crippen MR) is 70.0 cm³/mol. The molecule has 0 saturated carbocycles. The molecule has 3 aliphatic heterocycles. The summed E-state index contributed by atoms with van der Waals surface area (Å²) in [7, 11) is 0. The SMILES string of the molecule is c1nnc(N2CC[C@@H]3[C@@H]2CCN3C2CCOC2)s1. The van der Waals surface area contributed by atoms with Gasteiger partial charge in [0, 0.05) is 37.8 Å². The fourth-order valence-corrected chi connectivity index (χ4v) is 4.43. The van der Waals surface area contributed by atoms with Gasteiger partial charge in [-0.15, -0.1) is 10.2 Å². The van der Waals surface area contributed by atoms with Crippen molar-refractivity contribution in [2.24, 2.45) is 0 Å². The van der Waals surface area contributed by atoms with Crippen LogP contribution in [0.1, 0.15) is 19.3 Å². The molecule has 6 heteroatoms. The zero-order valence-corrected chi connectivity index (χ0v) is 11.2. The Morgan fingerprint density at radius 3 is 2.94 bits per heavy atom. The number of hydrogen-bond donors (Lipinski definition) is 0. The lowest BCUT2D eigenvalue weighted by Crippen LogP contribution is -2.42. The van der Waals surface area contributed by atoms with E-state index in [0.29, 0.717) is 18.1 Å². The van der Waals surface area contributed by atoms with Crippen LogP contribution in [0.2, 0.25) is 0 Å². The fourth-order valence-electron chi connectivity index (χ4n) is 3.79. The summed E-state index contributed by atoms with van der Waals surface area (Å²) in [4.78, 5) is 5.16. The van der Waals surface area contributed by atoms with Crippen LogP contribution >= 0.6 is 11.3 Å². The summed E-state index contributed by atoms with van der Waals surface area (Å²) in [5.74, 6) is 0. The van der Waals surface area contributed by atoms with Crippen molar-refractivity contribution in [3.63, 3.8) is 0 Å². The van der Waals surface area contributed by atoms with E-state index >= 15 is 0 Å². The first-order chi connectivity index (χ1) is 8.93. The third kappa shape index (κ3) is 1.66. The van der Waals surface area contributed by atoms with Crippen molar-refractivity contribution in [2.45, 2.75) is 37.4 Å². The van der Waals surface area contributed by atoms with Gasteiger partial charge in [-0.25, -0.2) is 0 Å². The first-order valence-corrected chi connectivity index (χ1v) is 7.68. The molecule has 4 heterocycles. The summed E-state index contributed by atoms with van der Waals surface area (Å²) >= 11 is 1.66. The second kappa shape index (κ2) is 4.43. The van der Waals surface area contributed by atoms with Crippen LogP contribution in [0.5, 0.6) is 0 Å². The van der Waals surface area contributed by atoms with E-state index in [4.69, 9.17) is 4.74 Å². The first kappa shape index (κ1) is 11.1. The van der Waals surface area contributed by atoms with E-state index < -0.39 is 0 Å². The molecule has 3 atom stereocenters. The Morgan fingerprint density at radius 2 is 2.17 bits per heavy atom. The summed E-state index contributed by atoms with van der Waals surface area (Å²) in [5, 5.41) is 9.31. The lowest BCUT2D eigenvalue weighted by Gasteiger charge is -2.29. The van der Waals surface area contributed by atoms with Gasteiger partial charge in [-0.1, -0.05) is 11.3 Å². The average molecular weight is 266 g/mol. The summed E-state index contributed by atoms with van der Waals surface area (Å²) < 4.78 is 5.54. The quantitative estimate of drug-likeness (QED) is 0.798. The lowest BCUT2D eigenvalue weighted by molar-refractivity contribution is 0.135. The van der Waals surface area contributed by atoms with Crippen molar-refractivity contribution in [1.29, 1.82) is 0 Å². The Balaban J connectivity index is 1.52. The summed E-state index contributed by atoms with van der Waals surface area (Å²) in [5.41, 5.74) is 1.83. The Bertz CT molecular complexity index is 406. The van der Waals surface area contributed by atoms with E-state index in [1.807, 2.05) is 5.51 Å². The molecule has 1 aromatic heterocycles. The van der Waals surface area contributed by atoms with E-state index in [1.165, 1.54) is 25.8 Å². The third-order valence-corrected chi connectivity index (χ3v) is 5.31. The Kier molecular flexibility index (Phi) is 2.74. The van der Waals surface area contributed by atoms with Gasteiger partial charge < -0.3 is 9.64 Å². The molecule has 3 fully saturated rings. The highest BCUT2D eigenvalue weighted by molar-refractivity contribution is 7.13. The summed E-state index contributed by atoms with van der Waals surface area (Å²) in [6.07, 6.45) is 3.74. The molecular formula is C12H18N4OS. The van der Waals surface area contributed by atoms with Crippen LogP contribution in [-0.2, 0) is 4.74 Å². The number of hydrogen-bond acceptors (Lipinski definition) is 6. The molecule has 5 nitrogen and oxygen atoms in total. The highest BCUT2D eigenvalue weighted by atomic mass is 32.1. The molecule has 0 amide bonds. The zero-order chi connectivity index (χ0) is 11.9. The summed E-state index contributed by atoms with van der Waals surface area (Å²) in [6.45, 7) is 4.23. The van der Waals surface area contributed by atoms with Crippen LogP contribution in [0.25, 0.3) is 0 Å². The molecule has 0 radical (unpaired) electrons. The first-order valence-electron chi connectivity index (χ1n) is 6.80. The van der Waals surface area contributed by atoms with Gasteiger partial charge in [-0.2, -0.15) is 0 Å². The summed E-state index contributed by atoms with van der Waals surface area (Å²) in [6, 6.07) is 2.02. The molecule has 0 spiro atoms. The fraction of sp³-hybridized carbons (Fsp3) is 0.833. The molecule has 3 saturated heterocycles. The molecule has 0 aromatic carbocycles. The van der Waals surface area contributed by atoms with Crippen molar-refractivity contribution < 1.29 is 4.74 Å². The number of aromatic nitrogens is 2. The van der Waals surface area contributed by atoms with Crippen molar-refractivity contribution in [3.05, 3.63) is 5.51 Å². The van der Waals surface area contributed by atoms with Crippen LogP contribution in [0.15, 0.2) is 5.51 Å². The molecule has 3 aliphatic rings. The van der Waals surface area contributed by atoms with Crippen molar-refractivity contribution in [2.75, 3.05) is 31.2 Å². The second-order valence-electron chi connectivity index (χ2n) is 5.38. The van der Waals surface area contributed by atoms with Gasteiger partial charge in [0.1, 0.15) is 5.51 Å². The number of rotatable bonds is 2. The smallest absolute Gasteiger partial charge is 0.208 e. The number of fused-ring (bicyclic) bond motifs is 1. The van der Waals surface area contributed by atoms with Gasteiger partial charge in [-0.3, -0.25) is 4.90 Å². The Morgan fingerprint density at radius 1 is 1.22 bits per heavy atom. The molecule has 0 bridgehead atoms.